The van der Waals surface area contributed by atoms with E-state index in [-0.39, 0.29) is 11.7 Å². The van der Waals surface area contributed by atoms with E-state index in [0.717, 1.165) is 28.4 Å². The highest BCUT2D eigenvalue weighted by Gasteiger charge is 2.20. The molecule has 0 saturated heterocycles. The van der Waals surface area contributed by atoms with E-state index in [1.807, 2.05) is 71.4 Å². The second-order valence-corrected chi connectivity index (χ2v) is 6.82. The largest absolute Gasteiger partial charge is 0.340 e. The fourth-order valence-electron chi connectivity index (χ4n) is 3.39. The van der Waals surface area contributed by atoms with E-state index >= 15 is 0 Å². The van der Waals surface area contributed by atoms with Crippen LogP contribution in [0.15, 0.2) is 78.3 Å². The first kappa shape index (κ1) is 17.1. The number of imidazole rings is 1. The molecule has 4 heterocycles. The van der Waals surface area contributed by atoms with Crippen molar-refractivity contribution in [1.82, 2.24) is 19.8 Å². The molecule has 0 saturated carbocycles. The number of carbonyl (C=O) groups excluding carboxylic acids is 1. The summed E-state index contributed by atoms with van der Waals surface area (Å²) in [5.41, 5.74) is 7.26. The number of nitrogens with zero attached hydrogens (tertiary/aromatic N) is 4. The number of hydrogen-bond acceptors (Lipinski definition) is 6. The van der Waals surface area contributed by atoms with Gasteiger partial charge in [-0.1, -0.05) is 6.07 Å². The lowest BCUT2D eigenvalue weighted by molar-refractivity contribution is 0.0960. The third-order valence-corrected chi connectivity index (χ3v) is 4.91. The summed E-state index contributed by atoms with van der Waals surface area (Å²) in [4.78, 5) is 21.3. The van der Waals surface area contributed by atoms with Crippen LogP contribution >= 0.6 is 0 Å². The second-order valence-electron chi connectivity index (χ2n) is 6.82. The molecule has 0 radical (unpaired) electrons. The molecule has 29 heavy (non-hydrogen) atoms. The first-order valence-electron chi connectivity index (χ1n) is 9.34. The summed E-state index contributed by atoms with van der Waals surface area (Å²) in [5, 5.41) is 7.21. The predicted molar refractivity (Wildman–Crippen MR) is 112 cm³/mol. The van der Waals surface area contributed by atoms with E-state index in [9.17, 15) is 4.79 Å². The molecule has 0 aliphatic carbocycles. The van der Waals surface area contributed by atoms with Crippen LogP contribution in [0.3, 0.4) is 0 Å². The Hall–Kier alpha value is -4.00. The molecule has 5 rings (SSSR count). The number of nitrogens with one attached hydrogen (secondary N) is 2. The topological polar surface area (TPSA) is 83.7 Å². The predicted octanol–water partition coefficient (Wildman–Crippen LogP) is 3.53. The number of Topliss-reactive ketones (excluding diaryl/α,β-unsaturated/α-hetero) is 1. The number of hydrazone groups is 1. The van der Waals surface area contributed by atoms with Gasteiger partial charge in [0.1, 0.15) is 11.5 Å². The third-order valence-electron chi connectivity index (χ3n) is 4.91. The molecule has 1 unspecified atom stereocenters. The molecule has 4 aromatic rings. The van der Waals surface area contributed by atoms with Gasteiger partial charge >= 0.3 is 0 Å². The molecule has 2 N–H and O–H groups in total. The molecule has 7 heteroatoms. The Morgan fingerprint density at radius 1 is 1.10 bits per heavy atom. The molecule has 1 aromatic carbocycles. The van der Waals surface area contributed by atoms with Crippen LogP contribution in [-0.2, 0) is 0 Å². The van der Waals surface area contributed by atoms with E-state index < -0.39 is 0 Å². The number of benzene rings is 1. The quantitative estimate of drug-likeness (QED) is 0.516. The van der Waals surface area contributed by atoms with E-state index in [4.69, 9.17) is 0 Å². The van der Waals surface area contributed by atoms with Crippen LogP contribution in [0.4, 0.5) is 11.5 Å². The number of aromatic nitrogens is 3. The van der Waals surface area contributed by atoms with Gasteiger partial charge in [-0.2, -0.15) is 5.10 Å². The van der Waals surface area contributed by atoms with Gasteiger partial charge in [-0.05, 0) is 48.5 Å². The molecule has 0 spiro atoms. The first-order chi connectivity index (χ1) is 14.3. The maximum Gasteiger partial charge on any atom is 0.173 e. The van der Waals surface area contributed by atoms with Crippen molar-refractivity contribution in [2.24, 2.45) is 11.0 Å². The smallest absolute Gasteiger partial charge is 0.173 e. The minimum absolute atomic E-state index is 0.0676. The number of fused-ring (bicyclic) bond motifs is 1. The van der Waals surface area contributed by atoms with Crippen molar-refractivity contribution in [2.75, 3.05) is 11.9 Å². The average Bonchev–Trinajstić information content (AvgIpc) is 3.44. The Balaban J connectivity index is 1.36. The van der Waals surface area contributed by atoms with Crippen molar-refractivity contribution in [3.63, 3.8) is 0 Å². The zero-order chi connectivity index (χ0) is 19.6. The number of pyridine rings is 2. The SMILES string of the molecule is O=C(c1ccc(Nc2cc(-c3cnc4ccccn34)ccn2)cc1)C1C=NNC1. The molecule has 3 aromatic heterocycles. The van der Waals surface area contributed by atoms with Crippen LogP contribution in [0.25, 0.3) is 16.9 Å². The highest BCUT2D eigenvalue weighted by Crippen LogP contribution is 2.24. The summed E-state index contributed by atoms with van der Waals surface area (Å²) in [6.07, 6.45) is 7.27. The van der Waals surface area contributed by atoms with Gasteiger partial charge in [-0.3, -0.25) is 9.20 Å². The Morgan fingerprint density at radius 3 is 2.83 bits per heavy atom. The van der Waals surface area contributed by atoms with Gasteiger partial charge < -0.3 is 10.7 Å². The molecular formula is C22H18N6O. The number of ketones is 1. The van der Waals surface area contributed by atoms with Crippen molar-refractivity contribution in [3.05, 3.63) is 78.8 Å². The summed E-state index contributed by atoms with van der Waals surface area (Å²) >= 11 is 0. The van der Waals surface area contributed by atoms with Gasteiger partial charge in [0.05, 0.1) is 17.8 Å². The fourth-order valence-corrected chi connectivity index (χ4v) is 3.39. The van der Waals surface area contributed by atoms with Crippen LogP contribution < -0.4 is 10.7 Å². The summed E-state index contributed by atoms with van der Waals surface area (Å²) in [6.45, 7) is 0.554. The number of carbonyl (C=O) groups is 1. The lowest BCUT2D eigenvalue weighted by atomic mass is 9.99. The molecule has 1 atom stereocenters. The molecule has 0 fully saturated rings. The van der Waals surface area contributed by atoms with E-state index in [2.05, 4.69) is 25.8 Å². The van der Waals surface area contributed by atoms with Crippen molar-refractivity contribution in [2.45, 2.75) is 0 Å². The molecule has 0 bridgehead atoms. The minimum Gasteiger partial charge on any atom is -0.340 e. The molecular weight excluding hydrogens is 364 g/mol. The minimum atomic E-state index is -0.197. The average molecular weight is 382 g/mol. The van der Waals surface area contributed by atoms with Gasteiger partial charge in [0.15, 0.2) is 5.78 Å². The van der Waals surface area contributed by atoms with Gasteiger partial charge in [0.2, 0.25) is 0 Å². The van der Waals surface area contributed by atoms with Crippen molar-refractivity contribution in [3.8, 4) is 11.3 Å². The lowest BCUT2D eigenvalue weighted by Crippen LogP contribution is -2.20. The standard InChI is InChI=1S/C22H18N6O/c29-22(17-12-25-26-13-17)15-4-6-18(7-5-15)27-20-11-16(8-9-23-20)19-14-24-21-3-1-2-10-28(19)21/h1-12,14,17,26H,13H2,(H,23,27). The third kappa shape index (κ3) is 3.34. The summed E-state index contributed by atoms with van der Waals surface area (Å²) in [5.74, 6) is 0.593. The monoisotopic (exact) mass is 382 g/mol. The maximum atomic E-state index is 12.4. The molecule has 142 valence electrons. The Kier molecular flexibility index (Phi) is 4.25. The Morgan fingerprint density at radius 2 is 2.00 bits per heavy atom. The van der Waals surface area contributed by atoms with Gasteiger partial charge in [0.25, 0.3) is 0 Å². The fraction of sp³-hybridized carbons (Fsp3) is 0.0909. The van der Waals surface area contributed by atoms with E-state index in [0.29, 0.717) is 12.1 Å². The molecule has 7 nitrogen and oxygen atoms in total. The van der Waals surface area contributed by atoms with Crippen molar-refractivity contribution >= 4 is 29.2 Å². The van der Waals surface area contributed by atoms with Crippen molar-refractivity contribution in [1.29, 1.82) is 0 Å². The highest BCUT2D eigenvalue weighted by atomic mass is 16.1. The number of hydrogen-bond donors (Lipinski definition) is 2. The normalized spacial score (nSPS) is 15.4. The zero-order valence-corrected chi connectivity index (χ0v) is 15.5. The Labute approximate surface area is 167 Å². The van der Waals surface area contributed by atoms with Crippen LogP contribution in [0.2, 0.25) is 0 Å². The lowest BCUT2D eigenvalue weighted by Gasteiger charge is -2.09. The molecule has 0 amide bonds. The van der Waals surface area contributed by atoms with Crippen LogP contribution in [-0.4, -0.2) is 32.9 Å². The van der Waals surface area contributed by atoms with Crippen LogP contribution in [0, 0.1) is 5.92 Å². The van der Waals surface area contributed by atoms with Gasteiger partial charge in [-0.25, -0.2) is 9.97 Å². The highest BCUT2D eigenvalue weighted by molar-refractivity contribution is 6.07. The molecule has 1 aliphatic heterocycles. The van der Waals surface area contributed by atoms with Crippen LogP contribution in [0.5, 0.6) is 0 Å². The van der Waals surface area contributed by atoms with Gasteiger partial charge in [0, 0.05) is 42.0 Å². The molecule has 1 aliphatic rings. The summed E-state index contributed by atoms with van der Waals surface area (Å²) in [6, 6.07) is 17.3. The van der Waals surface area contributed by atoms with Gasteiger partial charge in [-0.15, -0.1) is 0 Å². The number of anilines is 2. The first-order valence-corrected chi connectivity index (χ1v) is 9.34. The maximum absolute atomic E-state index is 12.4. The Bertz CT molecular complexity index is 1210. The van der Waals surface area contributed by atoms with E-state index in [1.54, 1.807) is 12.4 Å². The van der Waals surface area contributed by atoms with Crippen molar-refractivity contribution < 1.29 is 4.79 Å². The van der Waals surface area contributed by atoms with E-state index in [1.165, 1.54) is 0 Å². The second kappa shape index (κ2) is 7.20. The summed E-state index contributed by atoms with van der Waals surface area (Å²) in [7, 11) is 0. The number of rotatable bonds is 5. The zero-order valence-electron chi connectivity index (χ0n) is 15.5. The van der Waals surface area contributed by atoms with Crippen LogP contribution in [0.1, 0.15) is 10.4 Å². The summed E-state index contributed by atoms with van der Waals surface area (Å²) < 4.78 is 2.04.